The summed E-state index contributed by atoms with van der Waals surface area (Å²) >= 11 is 5.78. The highest BCUT2D eigenvalue weighted by Gasteiger charge is 2.13. The summed E-state index contributed by atoms with van der Waals surface area (Å²) in [4.78, 5) is 8.48. The SMILES string of the molecule is Cc1nc(-c2ccc(Cl)nc2)nn1COCC[Si](C)(C)C. The molecule has 0 fully saturated rings. The lowest BCUT2D eigenvalue weighted by atomic mass is 10.3. The van der Waals surface area contributed by atoms with Gasteiger partial charge in [-0.15, -0.1) is 5.10 Å². The van der Waals surface area contributed by atoms with Crippen LogP contribution in [0.15, 0.2) is 18.3 Å². The Morgan fingerprint density at radius 1 is 1.29 bits per heavy atom. The standard InChI is InChI=1S/C14H21ClN4OSi/c1-11-17-14(12-5-6-13(15)16-9-12)18-19(11)10-20-7-8-21(2,3)4/h5-6,9H,7-8,10H2,1-4H3. The second-order valence-corrected chi connectivity index (χ2v) is 12.2. The van der Waals surface area contributed by atoms with Gasteiger partial charge in [0.05, 0.1) is 0 Å². The Labute approximate surface area is 131 Å². The van der Waals surface area contributed by atoms with Crippen molar-refractivity contribution in [2.45, 2.75) is 39.3 Å². The first-order valence-electron chi connectivity index (χ1n) is 6.96. The Bertz CT molecular complexity index is 592. The average Bonchev–Trinajstić information content (AvgIpc) is 2.76. The van der Waals surface area contributed by atoms with Crippen LogP contribution in [0.4, 0.5) is 0 Å². The summed E-state index contributed by atoms with van der Waals surface area (Å²) in [6, 6.07) is 4.74. The highest BCUT2D eigenvalue weighted by molar-refractivity contribution is 6.76. The Morgan fingerprint density at radius 2 is 2.05 bits per heavy atom. The van der Waals surface area contributed by atoms with Gasteiger partial charge in [-0.3, -0.25) is 0 Å². The first-order chi connectivity index (χ1) is 9.85. The van der Waals surface area contributed by atoms with Crippen LogP contribution in [0.2, 0.25) is 30.8 Å². The third-order valence-electron chi connectivity index (χ3n) is 3.05. The Morgan fingerprint density at radius 3 is 2.67 bits per heavy atom. The van der Waals surface area contributed by atoms with Crippen LogP contribution in [0.1, 0.15) is 5.82 Å². The molecule has 0 saturated carbocycles. The highest BCUT2D eigenvalue weighted by atomic mass is 35.5. The maximum absolute atomic E-state index is 5.78. The zero-order valence-corrected chi connectivity index (χ0v) is 14.7. The van der Waals surface area contributed by atoms with Crippen molar-refractivity contribution < 1.29 is 4.74 Å². The van der Waals surface area contributed by atoms with E-state index in [4.69, 9.17) is 16.3 Å². The van der Waals surface area contributed by atoms with Crippen LogP contribution in [-0.4, -0.2) is 34.4 Å². The van der Waals surface area contributed by atoms with E-state index in [-0.39, 0.29) is 0 Å². The zero-order valence-electron chi connectivity index (χ0n) is 12.9. The van der Waals surface area contributed by atoms with Gasteiger partial charge < -0.3 is 4.74 Å². The van der Waals surface area contributed by atoms with E-state index in [2.05, 4.69) is 34.7 Å². The van der Waals surface area contributed by atoms with E-state index in [1.807, 2.05) is 13.0 Å². The van der Waals surface area contributed by atoms with Gasteiger partial charge in [-0.25, -0.2) is 14.6 Å². The van der Waals surface area contributed by atoms with Crippen molar-refractivity contribution in [3.8, 4) is 11.4 Å². The lowest BCUT2D eigenvalue weighted by molar-refractivity contribution is 0.0769. The van der Waals surface area contributed by atoms with E-state index in [1.54, 1.807) is 16.9 Å². The van der Waals surface area contributed by atoms with Gasteiger partial charge in [0.25, 0.3) is 0 Å². The van der Waals surface area contributed by atoms with Gasteiger partial charge in [0, 0.05) is 26.4 Å². The molecule has 0 aromatic carbocycles. The molecule has 0 N–H and O–H groups in total. The van der Waals surface area contributed by atoms with Gasteiger partial charge >= 0.3 is 0 Å². The number of pyridine rings is 1. The first kappa shape index (κ1) is 16.1. The molecule has 21 heavy (non-hydrogen) atoms. The van der Waals surface area contributed by atoms with Crippen LogP contribution in [0.25, 0.3) is 11.4 Å². The predicted molar refractivity (Wildman–Crippen MR) is 87.1 cm³/mol. The second-order valence-electron chi connectivity index (χ2n) is 6.20. The lowest BCUT2D eigenvalue weighted by Gasteiger charge is -2.15. The van der Waals surface area contributed by atoms with Crippen LogP contribution in [0.3, 0.4) is 0 Å². The van der Waals surface area contributed by atoms with Crippen molar-refractivity contribution in [2.75, 3.05) is 6.61 Å². The molecule has 0 unspecified atom stereocenters. The van der Waals surface area contributed by atoms with Gasteiger partial charge in [0.15, 0.2) is 5.82 Å². The van der Waals surface area contributed by atoms with Crippen molar-refractivity contribution in [3.05, 3.63) is 29.3 Å². The average molecular weight is 325 g/mol. The number of ether oxygens (including phenoxy) is 1. The minimum absolute atomic E-state index is 0.435. The molecule has 0 radical (unpaired) electrons. The summed E-state index contributed by atoms with van der Waals surface area (Å²) < 4.78 is 7.48. The van der Waals surface area contributed by atoms with E-state index >= 15 is 0 Å². The van der Waals surface area contributed by atoms with Gasteiger partial charge in [-0.1, -0.05) is 31.2 Å². The molecule has 2 rings (SSSR count). The molecule has 0 aliphatic rings. The molecule has 2 aromatic rings. The Balaban J connectivity index is 1.98. The molecule has 114 valence electrons. The van der Waals surface area contributed by atoms with Crippen molar-refractivity contribution in [2.24, 2.45) is 0 Å². The minimum Gasteiger partial charge on any atom is -0.359 e. The summed E-state index contributed by atoms with van der Waals surface area (Å²) in [5, 5.41) is 4.92. The molecule has 7 heteroatoms. The van der Waals surface area contributed by atoms with Gasteiger partial charge in [-0.05, 0) is 25.1 Å². The number of halogens is 1. The summed E-state index contributed by atoms with van der Waals surface area (Å²) in [6.45, 7) is 10.1. The van der Waals surface area contributed by atoms with E-state index in [9.17, 15) is 0 Å². The largest absolute Gasteiger partial charge is 0.359 e. The van der Waals surface area contributed by atoms with Crippen LogP contribution < -0.4 is 0 Å². The van der Waals surface area contributed by atoms with E-state index < -0.39 is 8.07 Å². The Kier molecular flexibility index (Phi) is 5.13. The molecular formula is C14H21ClN4OSi. The number of aromatic nitrogens is 4. The monoisotopic (exact) mass is 324 g/mol. The molecule has 0 atom stereocenters. The number of nitrogens with zero attached hydrogens (tertiary/aromatic N) is 4. The maximum Gasteiger partial charge on any atom is 0.183 e. The summed E-state index contributed by atoms with van der Waals surface area (Å²) in [7, 11) is -1.05. The van der Waals surface area contributed by atoms with Crippen LogP contribution in [0.5, 0.6) is 0 Å². The molecule has 2 aromatic heterocycles. The molecule has 0 aliphatic heterocycles. The van der Waals surface area contributed by atoms with E-state index in [0.29, 0.717) is 17.7 Å². The predicted octanol–water partition coefficient (Wildman–Crippen LogP) is 3.61. The first-order valence-corrected chi connectivity index (χ1v) is 11.0. The fraction of sp³-hybridized carbons (Fsp3) is 0.500. The minimum atomic E-state index is -1.05. The van der Waals surface area contributed by atoms with E-state index in [1.165, 1.54) is 0 Å². The van der Waals surface area contributed by atoms with Crippen molar-refractivity contribution >= 4 is 19.7 Å². The third kappa shape index (κ3) is 4.91. The molecular weight excluding hydrogens is 304 g/mol. The summed E-state index contributed by atoms with van der Waals surface area (Å²) in [5.74, 6) is 1.47. The van der Waals surface area contributed by atoms with Crippen molar-refractivity contribution in [3.63, 3.8) is 0 Å². The highest BCUT2D eigenvalue weighted by Crippen LogP contribution is 2.16. The van der Waals surface area contributed by atoms with Crippen molar-refractivity contribution in [1.29, 1.82) is 0 Å². The van der Waals surface area contributed by atoms with Crippen LogP contribution in [-0.2, 0) is 11.5 Å². The smallest absolute Gasteiger partial charge is 0.183 e. The van der Waals surface area contributed by atoms with Gasteiger partial charge in [-0.2, -0.15) is 0 Å². The molecule has 0 spiro atoms. The number of hydrogen-bond donors (Lipinski definition) is 0. The van der Waals surface area contributed by atoms with Crippen LogP contribution >= 0.6 is 11.6 Å². The number of rotatable bonds is 6. The fourth-order valence-corrected chi connectivity index (χ4v) is 2.57. The van der Waals surface area contributed by atoms with Gasteiger partial charge in [0.2, 0.25) is 0 Å². The molecule has 0 amide bonds. The molecule has 0 saturated heterocycles. The van der Waals surface area contributed by atoms with Crippen LogP contribution in [0, 0.1) is 6.92 Å². The zero-order chi connectivity index (χ0) is 15.5. The Hall–Kier alpha value is -1.24. The topological polar surface area (TPSA) is 52.8 Å². The third-order valence-corrected chi connectivity index (χ3v) is 4.98. The quantitative estimate of drug-likeness (QED) is 0.462. The maximum atomic E-state index is 5.78. The molecule has 0 aliphatic carbocycles. The number of hydrogen-bond acceptors (Lipinski definition) is 4. The van der Waals surface area contributed by atoms with Crippen molar-refractivity contribution in [1.82, 2.24) is 19.7 Å². The van der Waals surface area contributed by atoms with E-state index in [0.717, 1.165) is 24.0 Å². The second kappa shape index (κ2) is 6.68. The van der Waals surface area contributed by atoms with Gasteiger partial charge in [0.1, 0.15) is 17.7 Å². The summed E-state index contributed by atoms with van der Waals surface area (Å²) in [5.41, 5.74) is 0.850. The normalized spacial score (nSPS) is 11.9. The molecule has 0 bridgehead atoms. The summed E-state index contributed by atoms with van der Waals surface area (Å²) in [6.07, 6.45) is 1.67. The fourth-order valence-electron chi connectivity index (χ4n) is 1.70. The molecule has 2 heterocycles. The molecule has 5 nitrogen and oxygen atoms in total. The lowest BCUT2D eigenvalue weighted by Crippen LogP contribution is -2.22. The number of aryl methyl sites for hydroxylation is 1.